The van der Waals surface area contributed by atoms with E-state index in [0.717, 1.165) is 30.3 Å². The first-order valence-electron chi connectivity index (χ1n) is 10.7. The fourth-order valence-electron chi connectivity index (χ4n) is 3.25. The highest BCUT2D eigenvalue weighted by Crippen LogP contribution is 2.32. The van der Waals surface area contributed by atoms with Crippen LogP contribution >= 0.6 is 0 Å². The number of hydrogen-bond donors (Lipinski definition) is 2. The van der Waals surface area contributed by atoms with Crippen molar-refractivity contribution in [2.45, 2.75) is 25.1 Å². The number of ether oxygens (including phenoxy) is 2. The fourth-order valence-corrected chi connectivity index (χ4v) is 3.25. The third-order valence-corrected chi connectivity index (χ3v) is 5.08. The number of carbonyl (C=O) groups is 3. The maximum atomic E-state index is 14.8. The second kappa shape index (κ2) is 11.3. The molecule has 3 aromatic rings. The number of carboxylic acid groups (broad SMARTS) is 1. The van der Waals surface area contributed by atoms with Crippen LogP contribution in [0.5, 0.6) is 5.75 Å². The van der Waals surface area contributed by atoms with Gasteiger partial charge in [0, 0.05) is 5.56 Å². The van der Waals surface area contributed by atoms with Crippen molar-refractivity contribution >= 4 is 31.4 Å². The number of amides is 1. The van der Waals surface area contributed by atoms with Crippen LogP contribution in [0.1, 0.15) is 40.8 Å². The SMILES string of the molecule is Bc1oc([C@@H](COC(=O)CCC(=O)O)Oc2ccc(F)c(C(N)=O)c2F)nc1-c1ccc(C(F)(F)F)cc1. The first-order chi connectivity index (χ1) is 17.8. The molecule has 9 nitrogen and oxygen atoms in total. The van der Waals surface area contributed by atoms with E-state index in [1.165, 1.54) is 7.85 Å². The number of hydrogen-bond acceptors (Lipinski definition) is 7. The molecule has 0 unspecified atom stereocenters. The molecule has 200 valence electrons. The first kappa shape index (κ1) is 28.2. The second-order valence-corrected chi connectivity index (χ2v) is 7.81. The number of carbonyl (C=O) groups excluding carboxylic acids is 2. The summed E-state index contributed by atoms with van der Waals surface area (Å²) in [5.74, 6) is -7.33. The molecule has 1 aromatic heterocycles. The zero-order valence-corrected chi connectivity index (χ0v) is 19.5. The van der Waals surface area contributed by atoms with E-state index in [2.05, 4.69) is 4.98 Å². The van der Waals surface area contributed by atoms with Crippen LogP contribution in [-0.2, 0) is 20.5 Å². The number of esters is 1. The highest BCUT2D eigenvalue weighted by molar-refractivity contribution is 6.33. The van der Waals surface area contributed by atoms with Gasteiger partial charge in [0.05, 0.1) is 24.1 Å². The van der Waals surface area contributed by atoms with Crippen LogP contribution in [0.4, 0.5) is 22.0 Å². The number of primary amides is 1. The van der Waals surface area contributed by atoms with Crippen molar-refractivity contribution in [2.24, 2.45) is 5.73 Å². The summed E-state index contributed by atoms with van der Waals surface area (Å²) in [6, 6.07) is 5.52. The van der Waals surface area contributed by atoms with Gasteiger partial charge in [0.2, 0.25) is 12.0 Å². The fraction of sp³-hybridized carbons (Fsp3) is 0.217. The molecule has 0 spiro atoms. The first-order valence-corrected chi connectivity index (χ1v) is 10.7. The molecule has 1 heterocycles. The van der Waals surface area contributed by atoms with Gasteiger partial charge in [-0.05, 0) is 24.3 Å². The molecule has 0 aliphatic rings. The van der Waals surface area contributed by atoms with Gasteiger partial charge in [-0.3, -0.25) is 14.4 Å². The Bertz CT molecular complexity index is 1360. The van der Waals surface area contributed by atoms with Crippen LogP contribution in [-0.4, -0.2) is 42.4 Å². The van der Waals surface area contributed by atoms with E-state index in [1.807, 2.05) is 0 Å². The van der Waals surface area contributed by atoms with Crippen molar-refractivity contribution in [2.75, 3.05) is 6.61 Å². The average molecular weight is 540 g/mol. The number of alkyl halides is 3. The minimum absolute atomic E-state index is 0.0944. The highest BCUT2D eigenvalue weighted by Gasteiger charge is 2.31. The Morgan fingerprint density at radius 3 is 2.32 bits per heavy atom. The molecule has 0 aliphatic heterocycles. The lowest BCUT2D eigenvalue weighted by Gasteiger charge is -2.17. The van der Waals surface area contributed by atoms with E-state index in [-0.39, 0.29) is 22.8 Å². The van der Waals surface area contributed by atoms with E-state index in [4.69, 9.17) is 24.7 Å². The van der Waals surface area contributed by atoms with Gasteiger partial charge in [-0.15, -0.1) is 0 Å². The maximum absolute atomic E-state index is 14.8. The quantitative estimate of drug-likeness (QED) is 0.227. The lowest BCUT2D eigenvalue weighted by atomic mass is 9.98. The Labute approximate surface area is 211 Å². The largest absolute Gasteiger partial charge is 0.481 e. The molecule has 0 saturated heterocycles. The molecule has 15 heteroatoms. The van der Waals surface area contributed by atoms with Gasteiger partial charge in [-0.2, -0.15) is 13.2 Å². The monoisotopic (exact) mass is 540 g/mol. The Morgan fingerprint density at radius 1 is 1.08 bits per heavy atom. The molecule has 1 amide bonds. The van der Waals surface area contributed by atoms with Crippen molar-refractivity contribution in [3.63, 3.8) is 0 Å². The molecule has 0 saturated carbocycles. The molecule has 0 bridgehead atoms. The molecular weight excluding hydrogens is 522 g/mol. The molecule has 2 aromatic carbocycles. The predicted molar refractivity (Wildman–Crippen MR) is 121 cm³/mol. The zero-order valence-electron chi connectivity index (χ0n) is 19.5. The van der Waals surface area contributed by atoms with Crippen molar-refractivity contribution in [3.05, 3.63) is 65.1 Å². The minimum atomic E-state index is -4.56. The van der Waals surface area contributed by atoms with Crippen LogP contribution in [0.3, 0.4) is 0 Å². The number of aromatic nitrogens is 1. The molecular formula is C23H18BF5N2O7. The number of rotatable bonds is 10. The van der Waals surface area contributed by atoms with Gasteiger partial charge in [0.25, 0.3) is 5.91 Å². The summed E-state index contributed by atoms with van der Waals surface area (Å²) in [5, 5.41) is 8.71. The van der Waals surface area contributed by atoms with Crippen LogP contribution in [0.2, 0.25) is 0 Å². The molecule has 1 atom stereocenters. The molecule has 3 rings (SSSR count). The van der Waals surface area contributed by atoms with E-state index < -0.39 is 78.1 Å². The summed E-state index contributed by atoms with van der Waals surface area (Å²) in [7, 11) is 1.43. The Morgan fingerprint density at radius 2 is 1.74 bits per heavy atom. The van der Waals surface area contributed by atoms with E-state index >= 15 is 0 Å². The number of carboxylic acids is 1. The summed E-state index contributed by atoms with van der Waals surface area (Å²) in [6.07, 6.45) is -7.10. The maximum Gasteiger partial charge on any atom is 0.416 e. The van der Waals surface area contributed by atoms with Crippen LogP contribution in [0, 0.1) is 11.6 Å². The summed E-state index contributed by atoms with van der Waals surface area (Å²) in [4.78, 5) is 38.2. The summed E-state index contributed by atoms with van der Waals surface area (Å²) < 4.78 is 83.3. The van der Waals surface area contributed by atoms with Gasteiger partial charge in [-0.25, -0.2) is 13.8 Å². The number of nitrogens with two attached hydrogens (primary N) is 1. The van der Waals surface area contributed by atoms with E-state index in [9.17, 15) is 36.3 Å². The zero-order chi connectivity index (χ0) is 28.2. The van der Waals surface area contributed by atoms with Gasteiger partial charge < -0.3 is 24.7 Å². The van der Waals surface area contributed by atoms with Gasteiger partial charge in [-0.1, -0.05) is 12.1 Å². The smallest absolute Gasteiger partial charge is 0.416 e. The van der Waals surface area contributed by atoms with Crippen LogP contribution in [0.15, 0.2) is 40.8 Å². The second-order valence-electron chi connectivity index (χ2n) is 7.81. The predicted octanol–water partition coefficient (Wildman–Crippen LogP) is 2.52. The van der Waals surface area contributed by atoms with Gasteiger partial charge in [0.15, 0.2) is 19.4 Å². The number of oxazole rings is 1. The molecule has 3 N–H and O–H groups in total. The normalized spacial score (nSPS) is 12.1. The number of aliphatic carboxylic acids is 1. The van der Waals surface area contributed by atoms with Crippen LogP contribution < -0.4 is 16.1 Å². The molecule has 0 radical (unpaired) electrons. The van der Waals surface area contributed by atoms with Crippen molar-refractivity contribution in [1.29, 1.82) is 0 Å². The van der Waals surface area contributed by atoms with Crippen LogP contribution in [0.25, 0.3) is 11.3 Å². The molecule has 38 heavy (non-hydrogen) atoms. The third-order valence-electron chi connectivity index (χ3n) is 5.08. The lowest BCUT2D eigenvalue weighted by Crippen LogP contribution is -2.21. The Balaban J connectivity index is 1.95. The van der Waals surface area contributed by atoms with E-state index in [0.29, 0.717) is 6.07 Å². The lowest BCUT2D eigenvalue weighted by molar-refractivity contribution is -0.149. The highest BCUT2D eigenvalue weighted by atomic mass is 19.4. The minimum Gasteiger partial charge on any atom is -0.481 e. The van der Waals surface area contributed by atoms with Gasteiger partial charge >= 0.3 is 18.1 Å². The summed E-state index contributed by atoms with van der Waals surface area (Å²) >= 11 is 0. The number of nitrogens with zero attached hydrogens (tertiary/aromatic N) is 1. The van der Waals surface area contributed by atoms with Crippen molar-refractivity contribution < 1.29 is 55.3 Å². The van der Waals surface area contributed by atoms with Crippen molar-refractivity contribution in [3.8, 4) is 17.0 Å². The standard InChI is InChI=1S/C23H18BF5N2O7/c24-20-19(10-1-3-11(4-2-10)23(27,28)29)31-22(38-20)14(9-36-16(34)8-7-15(32)33)37-13-6-5-12(25)17(18(13)26)21(30)35/h1-6,14H,7-9,24H2,(H2,30,35)(H,32,33)/t14-/m1/s1. The molecule has 0 aliphatic carbocycles. The van der Waals surface area contributed by atoms with Gasteiger partial charge in [0.1, 0.15) is 23.7 Å². The Hall–Kier alpha value is -4.43. The number of halogens is 5. The third kappa shape index (κ3) is 6.66. The molecule has 0 fully saturated rings. The van der Waals surface area contributed by atoms with E-state index in [1.54, 1.807) is 0 Å². The Kier molecular flexibility index (Phi) is 8.38. The average Bonchev–Trinajstić information content (AvgIpc) is 3.22. The number of benzene rings is 2. The summed E-state index contributed by atoms with van der Waals surface area (Å²) in [6.45, 7) is -0.687. The van der Waals surface area contributed by atoms with Crippen molar-refractivity contribution in [1.82, 2.24) is 4.98 Å². The topological polar surface area (TPSA) is 142 Å². The summed E-state index contributed by atoms with van der Waals surface area (Å²) in [5.41, 5.74) is 3.47.